The van der Waals surface area contributed by atoms with Crippen LogP contribution < -0.4 is 47.2 Å². The number of nitrogens with zero attached hydrogens (tertiary/aromatic N) is 2. The summed E-state index contributed by atoms with van der Waals surface area (Å²) in [5.41, 5.74) is 11.4. The van der Waals surface area contributed by atoms with Crippen LogP contribution >= 0.6 is 0 Å². The van der Waals surface area contributed by atoms with Gasteiger partial charge in [-0.2, -0.15) is 0 Å². The van der Waals surface area contributed by atoms with Gasteiger partial charge in [0.2, 0.25) is 0 Å². The molecular weight excluding hydrogens is 795 g/mol. The van der Waals surface area contributed by atoms with Crippen molar-refractivity contribution < 1.29 is 0 Å². The van der Waals surface area contributed by atoms with Crippen molar-refractivity contribution in [3.63, 3.8) is 0 Å². The number of aliphatic imine (C=N–C) groups is 2. The third-order valence-corrected chi connectivity index (χ3v) is 21.8. The van der Waals surface area contributed by atoms with Crippen molar-refractivity contribution in [2.45, 2.75) is 13.5 Å². The van der Waals surface area contributed by atoms with E-state index in [-0.39, 0.29) is 0 Å². The fourth-order valence-electron chi connectivity index (χ4n) is 9.25. The lowest BCUT2D eigenvalue weighted by atomic mass is 10.1. The second kappa shape index (κ2) is 18.7. The highest BCUT2D eigenvalue weighted by atomic mass is 28.3. The van der Waals surface area contributed by atoms with Gasteiger partial charge in [0.1, 0.15) is 5.84 Å². The standard InChI is InChI=1S/C58H49N3Si2/c1-45-24-20-21-25-48(45)44-60-58(47-27-23-41-56(43-47)63(52-34-14-5-15-35-52,53-36-16-6-17-37-53)54-38-18-7-19-39-54)61-57(59)46-26-22-40-55(42-46)62(49-28-8-2-9-29-49,50-30-10-3-11-31-50)51-32-12-4-13-33-51/h2-43H,44H2,1H3,(H2,59,60,61). The first-order valence-electron chi connectivity index (χ1n) is 21.6. The Morgan fingerprint density at radius 3 is 1.06 bits per heavy atom. The monoisotopic (exact) mass is 843 g/mol. The second-order valence-electron chi connectivity index (χ2n) is 15.9. The maximum absolute atomic E-state index is 7.25. The Morgan fingerprint density at radius 1 is 0.365 bits per heavy atom. The van der Waals surface area contributed by atoms with E-state index in [4.69, 9.17) is 15.7 Å². The molecule has 9 aromatic rings. The summed E-state index contributed by atoms with van der Waals surface area (Å²) in [4.78, 5) is 10.6. The number of rotatable bonds is 12. The minimum absolute atomic E-state index is 0.417. The van der Waals surface area contributed by atoms with E-state index in [1.807, 2.05) is 0 Å². The SMILES string of the molecule is Cc1ccccc1CN=C(N=C(N)c1cccc([Si](c2ccccc2)(c2ccccc2)c2ccccc2)c1)c1cccc([Si](c2ccccc2)(c2ccccc2)c2ccccc2)c1. The zero-order valence-corrected chi connectivity index (χ0v) is 37.4. The van der Waals surface area contributed by atoms with E-state index in [0.717, 1.165) is 16.7 Å². The molecule has 0 bridgehead atoms. The summed E-state index contributed by atoms with van der Waals surface area (Å²) in [6.07, 6.45) is 0. The first-order valence-corrected chi connectivity index (χ1v) is 25.6. The molecule has 0 saturated heterocycles. The number of aryl methyl sites for hydroxylation is 1. The van der Waals surface area contributed by atoms with Gasteiger partial charge in [-0.3, -0.25) is 4.99 Å². The molecule has 3 nitrogen and oxygen atoms in total. The van der Waals surface area contributed by atoms with Crippen molar-refractivity contribution in [2.24, 2.45) is 15.7 Å². The van der Waals surface area contributed by atoms with Crippen LogP contribution in [0.2, 0.25) is 0 Å². The molecule has 0 saturated carbocycles. The molecule has 0 aliphatic heterocycles. The zero-order valence-electron chi connectivity index (χ0n) is 35.4. The fraction of sp³-hybridized carbons (Fsp3) is 0.0345. The van der Waals surface area contributed by atoms with Gasteiger partial charge in [-0.15, -0.1) is 0 Å². The molecule has 9 aromatic carbocycles. The molecule has 63 heavy (non-hydrogen) atoms. The predicted molar refractivity (Wildman–Crippen MR) is 272 cm³/mol. The van der Waals surface area contributed by atoms with Gasteiger partial charge in [0, 0.05) is 11.1 Å². The maximum atomic E-state index is 7.25. The molecular formula is C58H49N3Si2. The molecule has 0 atom stereocenters. The topological polar surface area (TPSA) is 50.7 Å². The van der Waals surface area contributed by atoms with Gasteiger partial charge >= 0.3 is 0 Å². The van der Waals surface area contributed by atoms with Crippen molar-refractivity contribution in [1.82, 2.24) is 0 Å². The lowest BCUT2D eigenvalue weighted by molar-refractivity contribution is 1.04. The Labute approximate surface area is 373 Å². The number of hydrogen-bond donors (Lipinski definition) is 1. The Kier molecular flexibility index (Phi) is 12.1. The van der Waals surface area contributed by atoms with Crippen LogP contribution in [0.15, 0.2) is 265 Å². The van der Waals surface area contributed by atoms with E-state index < -0.39 is 16.1 Å². The predicted octanol–water partition coefficient (Wildman–Crippen LogP) is 7.10. The molecule has 0 amide bonds. The summed E-state index contributed by atoms with van der Waals surface area (Å²) in [5, 5.41) is 10.3. The Balaban J connectivity index is 1.23. The highest BCUT2D eigenvalue weighted by Crippen LogP contribution is 2.16. The molecule has 2 N–H and O–H groups in total. The summed E-state index contributed by atoms with van der Waals surface area (Å²) >= 11 is 0. The van der Waals surface area contributed by atoms with Crippen molar-refractivity contribution in [2.75, 3.05) is 0 Å². The zero-order chi connectivity index (χ0) is 42.9. The molecule has 5 heteroatoms. The normalized spacial score (nSPS) is 12.2. The third kappa shape index (κ3) is 8.08. The van der Waals surface area contributed by atoms with E-state index >= 15 is 0 Å². The van der Waals surface area contributed by atoms with E-state index in [2.05, 4.69) is 262 Å². The summed E-state index contributed by atoms with van der Waals surface area (Å²) in [7, 11) is -5.64. The number of hydrogen-bond acceptors (Lipinski definition) is 1. The van der Waals surface area contributed by atoms with Crippen LogP contribution in [-0.2, 0) is 6.54 Å². The van der Waals surface area contributed by atoms with E-state index in [9.17, 15) is 0 Å². The molecule has 0 spiro atoms. The van der Waals surface area contributed by atoms with Gasteiger partial charge in [0.25, 0.3) is 0 Å². The molecule has 9 rings (SSSR count). The summed E-state index contributed by atoms with van der Waals surface area (Å²) < 4.78 is 0. The fourth-order valence-corrected chi connectivity index (χ4v) is 18.8. The maximum Gasteiger partial charge on any atom is 0.179 e. The molecule has 0 aliphatic rings. The largest absolute Gasteiger partial charge is 0.383 e. The lowest BCUT2D eigenvalue weighted by Gasteiger charge is -2.34. The Morgan fingerprint density at radius 2 is 0.683 bits per heavy atom. The average Bonchev–Trinajstić information content (AvgIpc) is 3.36. The van der Waals surface area contributed by atoms with Crippen molar-refractivity contribution in [1.29, 1.82) is 0 Å². The molecule has 0 aliphatic carbocycles. The molecule has 0 radical (unpaired) electrons. The molecule has 304 valence electrons. The molecule has 0 unspecified atom stereocenters. The first-order chi connectivity index (χ1) is 31.1. The lowest BCUT2D eigenvalue weighted by Crippen LogP contribution is -2.74. The minimum Gasteiger partial charge on any atom is -0.383 e. The summed E-state index contributed by atoms with van der Waals surface area (Å²) in [6.45, 7) is 2.60. The van der Waals surface area contributed by atoms with Crippen molar-refractivity contribution in [3.8, 4) is 0 Å². The summed E-state index contributed by atoms with van der Waals surface area (Å²) in [5.74, 6) is 1.01. The van der Waals surface area contributed by atoms with Crippen molar-refractivity contribution >= 4 is 69.3 Å². The van der Waals surface area contributed by atoms with Crippen LogP contribution in [0, 0.1) is 6.92 Å². The van der Waals surface area contributed by atoms with Crippen LogP contribution in [0.3, 0.4) is 0 Å². The van der Waals surface area contributed by atoms with Crippen LogP contribution in [0.4, 0.5) is 0 Å². The van der Waals surface area contributed by atoms with Crippen LogP contribution in [0.25, 0.3) is 0 Å². The van der Waals surface area contributed by atoms with Crippen LogP contribution in [0.5, 0.6) is 0 Å². The molecule has 0 fully saturated rings. The third-order valence-electron chi connectivity index (χ3n) is 12.3. The highest BCUT2D eigenvalue weighted by Gasteiger charge is 2.43. The molecule has 0 heterocycles. The van der Waals surface area contributed by atoms with Crippen molar-refractivity contribution in [3.05, 3.63) is 277 Å². The van der Waals surface area contributed by atoms with Gasteiger partial charge in [-0.25, -0.2) is 4.99 Å². The highest BCUT2D eigenvalue weighted by molar-refractivity contribution is 7.20. The number of benzene rings is 9. The summed E-state index contributed by atoms with van der Waals surface area (Å²) in [6, 6.07) is 92.0. The van der Waals surface area contributed by atoms with E-state index in [1.165, 1.54) is 47.1 Å². The van der Waals surface area contributed by atoms with Gasteiger partial charge in [0.15, 0.2) is 22.0 Å². The van der Waals surface area contributed by atoms with Gasteiger partial charge in [-0.05, 0) is 59.5 Å². The smallest absolute Gasteiger partial charge is 0.179 e. The number of nitrogens with two attached hydrogens (primary N) is 1. The average molecular weight is 844 g/mol. The quantitative estimate of drug-likeness (QED) is 0.0608. The Hall–Kier alpha value is -7.45. The first kappa shape index (κ1) is 40.9. The Bertz CT molecular complexity index is 2780. The van der Waals surface area contributed by atoms with Gasteiger partial charge < -0.3 is 5.73 Å². The molecule has 0 aromatic heterocycles. The van der Waals surface area contributed by atoms with E-state index in [1.54, 1.807) is 0 Å². The van der Waals surface area contributed by atoms with Crippen LogP contribution in [-0.4, -0.2) is 27.8 Å². The second-order valence-corrected chi connectivity index (χ2v) is 23.5. The van der Waals surface area contributed by atoms with Crippen LogP contribution in [0.1, 0.15) is 22.3 Å². The number of amidine groups is 2. The van der Waals surface area contributed by atoms with E-state index in [0.29, 0.717) is 18.2 Å². The van der Waals surface area contributed by atoms with Gasteiger partial charge in [-0.1, -0.05) is 255 Å². The minimum atomic E-state index is -2.83. The van der Waals surface area contributed by atoms with Gasteiger partial charge in [0.05, 0.1) is 6.54 Å².